The van der Waals surface area contributed by atoms with Crippen molar-refractivity contribution in [3.8, 4) is 6.07 Å². The molecule has 4 heterocycles. The first-order chi connectivity index (χ1) is 12.2. The SMILES string of the molecule is N#CC1(C(=O)N2CCC[C@@H](n3[nH]cc4cnc5nccc5c43)C2)CC1. The zero-order chi connectivity index (χ0) is 17.0. The molecule has 2 fully saturated rings. The van der Waals surface area contributed by atoms with Crippen molar-refractivity contribution >= 4 is 27.8 Å². The van der Waals surface area contributed by atoms with Crippen LogP contribution in [0.25, 0.3) is 21.9 Å². The normalized spacial score (nSPS) is 22.2. The second-order valence-electron chi connectivity index (χ2n) is 7.13. The molecule has 1 aliphatic carbocycles. The van der Waals surface area contributed by atoms with Gasteiger partial charge in [-0.15, -0.1) is 0 Å². The topological polar surface area (TPSA) is 90.6 Å². The fraction of sp³-hybridized carbons (Fsp3) is 0.444. The number of aromatic amines is 1. The summed E-state index contributed by atoms with van der Waals surface area (Å²) in [6, 6.07) is 4.38. The minimum absolute atomic E-state index is 0.0120. The van der Waals surface area contributed by atoms with Crippen LogP contribution in [-0.4, -0.2) is 43.6 Å². The number of aromatic nitrogens is 4. The maximum absolute atomic E-state index is 12.7. The van der Waals surface area contributed by atoms with Crippen molar-refractivity contribution in [2.45, 2.75) is 31.7 Å². The van der Waals surface area contributed by atoms with Gasteiger partial charge in [0.15, 0.2) is 5.65 Å². The molecule has 1 N–H and O–H groups in total. The predicted molar refractivity (Wildman–Crippen MR) is 91.5 cm³/mol. The van der Waals surface area contributed by atoms with E-state index in [1.54, 1.807) is 6.20 Å². The summed E-state index contributed by atoms with van der Waals surface area (Å²) in [5, 5.41) is 14.7. The van der Waals surface area contributed by atoms with E-state index in [4.69, 9.17) is 0 Å². The Kier molecular flexibility index (Phi) is 2.93. The highest BCUT2D eigenvalue weighted by atomic mass is 16.2. The van der Waals surface area contributed by atoms with Crippen molar-refractivity contribution in [3.63, 3.8) is 0 Å². The summed E-state index contributed by atoms with van der Waals surface area (Å²) in [5.41, 5.74) is 1.09. The van der Waals surface area contributed by atoms with Crippen molar-refractivity contribution in [3.05, 3.63) is 24.7 Å². The largest absolute Gasteiger partial charge is 0.339 e. The highest BCUT2D eigenvalue weighted by Crippen LogP contribution is 2.47. The highest BCUT2D eigenvalue weighted by Gasteiger charge is 2.53. The van der Waals surface area contributed by atoms with Crippen LogP contribution in [0, 0.1) is 16.7 Å². The molecule has 5 rings (SSSR count). The second-order valence-corrected chi connectivity index (χ2v) is 7.13. The van der Waals surface area contributed by atoms with Crippen molar-refractivity contribution in [1.29, 1.82) is 5.26 Å². The molecule has 1 saturated heterocycles. The zero-order valence-corrected chi connectivity index (χ0v) is 13.8. The number of carbonyl (C=O) groups is 1. The van der Waals surface area contributed by atoms with Gasteiger partial charge in [-0.2, -0.15) is 5.26 Å². The molecule has 3 aromatic heterocycles. The summed E-state index contributed by atoms with van der Waals surface area (Å²) in [7, 11) is 0. The van der Waals surface area contributed by atoms with Gasteiger partial charge in [0, 0.05) is 42.5 Å². The van der Waals surface area contributed by atoms with Crippen molar-refractivity contribution < 1.29 is 4.79 Å². The van der Waals surface area contributed by atoms with Crippen LogP contribution < -0.4 is 0 Å². The Hall–Kier alpha value is -2.88. The zero-order valence-electron chi connectivity index (χ0n) is 13.8. The number of hydrogen-bond acceptors (Lipinski definition) is 4. The van der Waals surface area contributed by atoms with Crippen LogP contribution in [-0.2, 0) is 4.79 Å². The van der Waals surface area contributed by atoms with E-state index in [2.05, 4.69) is 25.8 Å². The number of likely N-dealkylation sites (tertiary alicyclic amines) is 1. The average Bonchev–Trinajstić information content (AvgIpc) is 3.10. The Balaban J connectivity index is 1.51. The van der Waals surface area contributed by atoms with E-state index in [-0.39, 0.29) is 11.9 Å². The lowest BCUT2D eigenvalue weighted by Gasteiger charge is -2.34. The van der Waals surface area contributed by atoms with Crippen LogP contribution in [0.3, 0.4) is 0 Å². The van der Waals surface area contributed by atoms with Crippen LogP contribution >= 0.6 is 0 Å². The van der Waals surface area contributed by atoms with Gasteiger partial charge in [-0.1, -0.05) is 0 Å². The first-order valence-corrected chi connectivity index (χ1v) is 8.71. The molecule has 7 nitrogen and oxygen atoms in total. The van der Waals surface area contributed by atoms with Crippen LogP contribution in [0.4, 0.5) is 0 Å². The molecule has 1 amide bonds. The summed E-state index contributed by atoms with van der Waals surface area (Å²) >= 11 is 0. The Morgan fingerprint density at radius 3 is 3.08 bits per heavy atom. The lowest BCUT2D eigenvalue weighted by molar-refractivity contribution is -0.136. The second kappa shape index (κ2) is 5.06. The number of H-pyrrole nitrogens is 1. The van der Waals surface area contributed by atoms with Gasteiger partial charge in [0.1, 0.15) is 5.41 Å². The van der Waals surface area contributed by atoms with Crippen molar-refractivity contribution in [2.75, 3.05) is 13.1 Å². The van der Waals surface area contributed by atoms with E-state index in [0.717, 1.165) is 41.3 Å². The monoisotopic (exact) mass is 334 g/mol. The van der Waals surface area contributed by atoms with E-state index in [9.17, 15) is 10.1 Å². The summed E-state index contributed by atoms with van der Waals surface area (Å²) in [4.78, 5) is 23.3. The summed E-state index contributed by atoms with van der Waals surface area (Å²) in [5.74, 6) is 0.0120. The quantitative estimate of drug-likeness (QED) is 0.779. The van der Waals surface area contributed by atoms with E-state index in [1.807, 2.05) is 23.4 Å². The van der Waals surface area contributed by atoms with Gasteiger partial charge in [-0.3, -0.25) is 9.48 Å². The molecule has 126 valence electrons. The van der Waals surface area contributed by atoms with Gasteiger partial charge in [0.25, 0.3) is 0 Å². The third-order valence-corrected chi connectivity index (χ3v) is 5.56. The molecule has 0 unspecified atom stereocenters. The number of piperidine rings is 1. The number of rotatable bonds is 2. The summed E-state index contributed by atoms with van der Waals surface area (Å²) in [6.07, 6.45) is 8.90. The molecule has 1 saturated carbocycles. The molecule has 0 aromatic carbocycles. The Bertz CT molecular complexity index is 1020. The molecule has 7 heteroatoms. The van der Waals surface area contributed by atoms with Gasteiger partial charge in [0.2, 0.25) is 5.91 Å². The number of nitrogens with one attached hydrogen (secondary N) is 1. The van der Waals surface area contributed by atoms with Crippen LogP contribution in [0.15, 0.2) is 24.7 Å². The maximum atomic E-state index is 12.7. The third kappa shape index (κ3) is 2.07. The van der Waals surface area contributed by atoms with Gasteiger partial charge >= 0.3 is 0 Å². The smallest absolute Gasteiger partial charge is 0.243 e. The first kappa shape index (κ1) is 14.5. The van der Waals surface area contributed by atoms with Gasteiger partial charge in [0.05, 0.1) is 17.6 Å². The molecule has 0 spiro atoms. The molecular weight excluding hydrogens is 316 g/mol. The summed E-state index contributed by atoms with van der Waals surface area (Å²) < 4.78 is 2.15. The average molecular weight is 334 g/mol. The Labute approximate surface area is 144 Å². The molecule has 1 aliphatic heterocycles. The van der Waals surface area contributed by atoms with Gasteiger partial charge < -0.3 is 10.00 Å². The molecule has 25 heavy (non-hydrogen) atoms. The molecule has 3 aromatic rings. The third-order valence-electron chi connectivity index (χ3n) is 5.56. The predicted octanol–water partition coefficient (Wildman–Crippen LogP) is 2.38. The number of fused-ring (bicyclic) bond motifs is 3. The number of nitriles is 1. The summed E-state index contributed by atoms with van der Waals surface area (Å²) in [6.45, 7) is 1.38. The molecule has 0 radical (unpaired) electrons. The van der Waals surface area contributed by atoms with E-state index >= 15 is 0 Å². The molecule has 1 atom stereocenters. The number of amides is 1. The van der Waals surface area contributed by atoms with Gasteiger partial charge in [-0.25, -0.2) is 9.97 Å². The van der Waals surface area contributed by atoms with Crippen molar-refractivity contribution in [1.82, 2.24) is 24.6 Å². The Morgan fingerprint density at radius 1 is 1.40 bits per heavy atom. The number of nitrogens with zero attached hydrogens (tertiary/aromatic N) is 5. The molecular formula is C18H18N6O. The molecule has 2 aliphatic rings. The fourth-order valence-electron chi connectivity index (χ4n) is 3.98. The number of pyridine rings is 1. The lowest BCUT2D eigenvalue weighted by Crippen LogP contribution is -2.44. The fourth-order valence-corrected chi connectivity index (χ4v) is 3.98. The number of carbonyl (C=O) groups excluding carboxylic acids is 1. The van der Waals surface area contributed by atoms with Crippen LogP contribution in [0.2, 0.25) is 0 Å². The van der Waals surface area contributed by atoms with E-state index in [1.165, 1.54) is 0 Å². The first-order valence-electron chi connectivity index (χ1n) is 8.71. The lowest BCUT2D eigenvalue weighted by atomic mass is 10.0. The minimum atomic E-state index is -0.739. The highest BCUT2D eigenvalue weighted by molar-refractivity contribution is 6.02. The van der Waals surface area contributed by atoms with E-state index in [0.29, 0.717) is 19.4 Å². The minimum Gasteiger partial charge on any atom is -0.339 e. The van der Waals surface area contributed by atoms with Gasteiger partial charge in [-0.05, 0) is 31.7 Å². The van der Waals surface area contributed by atoms with E-state index < -0.39 is 5.41 Å². The Morgan fingerprint density at radius 2 is 2.28 bits per heavy atom. The molecule has 0 bridgehead atoms. The van der Waals surface area contributed by atoms with Crippen LogP contribution in [0.5, 0.6) is 0 Å². The number of hydrogen-bond donors (Lipinski definition) is 1. The standard InChI is InChI=1S/C18H18N6O/c19-11-18(4-5-18)17(25)23-7-1-2-13(10-23)24-15-12(9-22-24)8-21-16-14(15)3-6-20-16/h3,6,8-9,13,22H,1-2,4-5,7,10H2/t13-/m1/s1. The van der Waals surface area contributed by atoms with Crippen molar-refractivity contribution in [2.24, 2.45) is 5.41 Å². The van der Waals surface area contributed by atoms with Crippen LogP contribution in [0.1, 0.15) is 31.7 Å². The maximum Gasteiger partial charge on any atom is 0.243 e.